The summed E-state index contributed by atoms with van der Waals surface area (Å²) >= 11 is 7.46. The summed E-state index contributed by atoms with van der Waals surface area (Å²) in [5.74, 6) is -1.51. The van der Waals surface area contributed by atoms with E-state index >= 15 is 0 Å². The fourth-order valence-electron chi connectivity index (χ4n) is 2.54. The van der Waals surface area contributed by atoms with E-state index in [1.165, 1.54) is 23.7 Å². The predicted molar refractivity (Wildman–Crippen MR) is 109 cm³/mol. The zero-order valence-corrected chi connectivity index (χ0v) is 17.3. The van der Waals surface area contributed by atoms with Gasteiger partial charge in [-0.2, -0.15) is 0 Å². The van der Waals surface area contributed by atoms with Crippen LogP contribution in [0.1, 0.15) is 29.4 Å². The number of carbonyl (C=O) groups is 1. The summed E-state index contributed by atoms with van der Waals surface area (Å²) in [6.07, 6.45) is 1.75. The molecule has 11 heteroatoms. The van der Waals surface area contributed by atoms with Crippen LogP contribution in [0, 0.1) is 12.7 Å². The van der Waals surface area contributed by atoms with Crippen molar-refractivity contribution in [2.75, 3.05) is 15.8 Å². The first-order valence-corrected chi connectivity index (χ1v) is 11.1. The predicted octanol–water partition coefficient (Wildman–Crippen LogP) is 4.20. The van der Waals surface area contributed by atoms with Crippen molar-refractivity contribution in [2.45, 2.75) is 20.3 Å². The van der Waals surface area contributed by atoms with Crippen molar-refractivity contribution in [2.24, 2.45) is 0 Å². The van der Waals surface area contributed by atoms with Crippen LogP contribution in [-0.2, 0) is 10.0 Å². The van der Waals surface area contributed by atoms with Crippen LogP contribution in [-0.4, -0.2) is 30.0 Å². The van der Waals surface area contributed by atoms with Gasteiger partial charge in [-0.05, 0) is 25.5 Å². The van der Waals surface area contributed by atoms with Gasteiger partial charge in [0.15, 0.2) is 0 Å². The molecule has 1 aromatic carbocycles. The number of fused-ring (bicyclic) bond motifs is 1. The summed E-state index contributed by atoms with van der Waals surface area (Å²) in [5.41, 5.74) is 1.10. The highest BCUT2D eigenvalue weighted by molar-refractivity contribution is 7.92. The van der Waals surface area contributed by atoms with Gasteiger partial charge in [0, 0.05) is 5.38 Å². The second-order valence-corrected chi connectivity index (χ2v) is 9.04. The molecule has 2 N–H and O–H groups in total. The molecule has 0 unspecified atom stereocenters. The first-order valence-electron chi connectivity index (χ1n) is 8.22. The zero-order valence-electron chi connectivity index (χ0n) is 14.9. The number of aromatic nitrogens is 2. The summed E-state index contributed by atoms with van der Waals surface area (Å²) < 4.78 is 41.3. The van der Waals surface area contributed by atoms with Crippen LogP contribution in [0.2, 0.25) is 5.02 Å². The number of aryl methyl sites for hydroxylation is 1. The Bertz CT molecular complexity index is 1160. The van der Waals surface area contributed by atoms with Gasteiger partial charge in [0.1, 0.15) is 12.1 Å². The van der Waals surface area contributed by atoms with Crippen LogP contribution >= 0.6 is 22.9 Å². The van der Waals surface area contributed by atoms with E-state index in [0.29, 0.717) is 11.9 Å². The highest BCUT2D eigenvalue weighted by Gasteiger charge is 2.21. The maximum Gasteiger partial charge on any atom is 0.258 e. The highest BCUT2D eigenvalue weighted by Crippen LogP contribution is 2.34. The fourth-order valence-corrected chi connectivity index (χ4v) is 4.94. The van der Waals surface area contributed by atoms with E-state index in [1.54, 1.807) is 19.2 Å². The minimum Gasteiger partial charge on any atom is -0.318 e. The van der Waals surface area contributed by atoms with E-state index in [1.807, 2.05) is 0 Å². The lowest BCUT2D eigenvalue weighted by Gasteiger charge is -2.13. The summed E-state index contributed by atoms with van der Waals surface area (Å²) in [7, 11) is -3.63. The van der Waals surface area contributed by atoms with E-state index in [9.17, 15) is 17.6 Å². The first-order chi connectivity index (χ1) is 13.2. The third-order valence-electron chi connectivity index (χ3n) is 3.84. The van der Waals surface area contributed by atoms with E-state index in [0.717, 1.165) is 16.5 Å². The average Bonchev–Trinajstić information content (AvgIpc) is 3.06. The number of halogens is 2. The van der Waals surface area contributed by atoms with Gasteiger partial charge >= 0.3 is 0 Å². The number of hydrogen-bond donors (Lipinski definition) is 2. The quantitative estimate of drug-likeness (QED) is 0.595. The minimum atomic E-state index is -3.63. The van der Waals surface area contributed by atoms with Gasteiger partial charge in [-0.1, -0.05) is 18.5 Å². The van der Waals surface area contributed by atoms with Crippen LogP contribution in [0.4, 0.5) is 15.8 Å². The molecule has 0 fully saturated rings. The van der Waals surface area contributed by atoms with Gasteiger partial charge in [0.2, 0.25) is 10.0 Å². The van der Waals surface area contributed by atoms with E-state index in [2.05, 4.69) is 20.0 Å². The van der Waals surface area contributed by atoms with Crippen molar-refractivity contribution in [3.8, 4) is 0 Å². The molecule has 0 radical (unpaired) electrons. The van der Waals surface area contributed by atoms with Gasteiger partial charge < -0.3 is 5.32 Å². The Morgan fingerprint density at radius 3 is 2.79 bits per heavy atom. The number of carbonyl (C=O) groups excluding carboxylic acids is 1. The number of hydrogen-bond acceptors (Lipinski definition) is 6. The third kappa shape index (κ3) is 4.08. The monoisotopic (exact) mass is 442 g/mol. The van der Waals surface area contributed by atoms with E-state index < -0.39 is 21.7 Å². The van der Waals surface area contributed by atoms with Gasteiger partial charge in [-0.3, -0.25) is 9.52 Å². The maximum absolute atomic E-state index is 14.3. The first kappa shape index (κ1) is 20.4. The molecule has 0 saturated carbocycles. The number of amides is 1. The lowest BCUT2D eigenvalue weighted by atomic mass is 10.2. The molecule has 0 aliphatic carbocycles. The Balaban J connectivity index is 1.94. The topological polar surface area (TPSA) is 101 Å². The Hall–Kier alpha value is -2.30. The molecule has 0 aliphatic rings. The molecule has 2 heterocycles. The molecule has 0 spiro atoms. The molecular weight excluding hydrogens is 427 g/mol. The van der Waals surface area contributed by atoms with Gasteiger partial charge in [0.25, 0.3) is 5.91 Å². The van der Waals surface area contributed by atoms with Crippen LogP contribution in [0.3, 0.4) is 0 Å². The summed E-state index contributed by atoms with van der Waals surface area (Å²) in [6.45, 7) is 3.51. The minimum absolute atomic E-state index is 0.0137. The molecule has 0 bridgehead atoms. The molecule has 3 rings (SSSR count). The molecule has 0 aliphatic heterocycles. The molecular formula is C17H16ClFN4O3S2. The number of nitrogens with zero attached hydrogens (tertiary/aromatic N) is 2. The van der Waals surface area contributed by atoms with E-state index in [4.69, 9.17) is 11.6 Å². The van der Waals surface area contributed by atoms with Crippen molar-refractivity contribution in [1.82, 2.24) is 9.97 Å². The molecule has 2 aromatic heterocycles. The molecule has 0 saturated heterocycles. The maximum atomic E-state index is 14.3. The lowest BCUT2D eigenvalue weighted by molar-refractivity contribution is 0.102. The highest BCUT2D eigenvalue weighted by atomic mass is 35.5. The van der Waals surface area contributed by atoms with Gasteiger partial charge in [-0.15, -0.1) is 11.3 Å². The van der Waals surface area contributed by atoms with Crippen molar-refractivity contribution in [3.63, 3.8) is 0 Å². The van der Waals surface area contributed by atoms with Crippen LogP contribution in [0.25, 0.3) is 10.2 Å². The van der Waals surface area contributed by atoms with Gasteiger partial charge in [0.05, 0.1) is 43.6 Å². The summed E-state index contributed by atoms with van der Waals surface area (Å²) in [6, 6.07) is 2.24. The smallest absolute Gasteiger partial charge is 0.258 e. The standard InChI is InChI=1S/C17H16ClFN4O3S2/c1-3-6-28(25,26)23-12-5-4-11(19)15(13(12)18)22-17(24)10-7-27-16-9(2)20-8-21-14(10)16/h4-5,7-8,23H,3,6H2,1-2H3,(H,22,24). The summed E-state index contributed by atoms with van der Waals surface area (Å²) in [4.78, 5) is 20.9. The number of anilines is 2. The Morgan fingerprint density at radius 2 is 2.07 bits per heavy atom. The van der Waals surface area contributed by atoms with Crippen molar-refractivity contribution in [3.05, 3.63) is 45.9 Å². The van der Waals surface area contributed by atoms with Crippen molar-refractivity contribution >= 4 is 60.5 Å². The number of nitrogens with one attached hydrogen (secondary N) is 2. The SMILES string of the molecule is CCCS(=O)(=O)Nc1ccc(F)c(NC(=O)c2csc3c(C)ncnc23)c1Cl. The van der Waals surface area contributed by atoms with Crippen LogP contribution in [0.5, 0.6) is 0 Å². The van der Waals surface area contributed by atoms with Crippen LogP contribution in [0.15, 0.2) is 23.8 Å². The third-order valence-corrected chi connectivity index (χ3v) is 6.79. The molecule has 1 amide bonds. The fraction of sp³-hybridized carbons (Fsp3) is 0.235. The molecule has 28 heavy (non-hydrogen) atoms. The average molecular weight is 443 g/mol. The summed E-state index contributed by atoms with van der Waals surface area (Å²) in [5, 5.41) is 3.78. The molecule has 148 valence electrons. The van der Waals surface area contributed by atoms with Crippen molar-refractivity contribution < 1.29 is 17.6 Å². The number of sulfonamides is 1. The lowest BCUT2D eigenvalue weighted by Crippen LogP contribution is -2.18. The largest absolute Gasteiger partial charge is 0.318 e. The van der Waals surface area contributed by atoms with E-state index in [-0.39, 0.29) is 27.7 Å². The molecule has 7 nitrogen and oxygen atoms in total. The Labute approximate surface area is 170 Å². The zero-order chi connectivity index (χ0) is 20.5. The molecule has 3 aromatic rings. The Kier molecular flexibility index (Phi) is 5.82. The second-order valence-electron chi connectivity index (χ2n) is 5.95. The number of benzene rings is 1. The van der Waals surface area contributed by atoms with Crippen molar-refractivity contribution in [1.29, 1.82) is 0 Å². The Morgan fingerprint density at radius 1 is 1.32 bits per heavy atom. The van der Waals surface area contributed by atoms with Crippen LogP contribution < -0.4 is 10.0 Å². The normalized spacial score (nSPS) is 11.6. The number of thiophene rings is 1. The molecule has 0 atom stereocenters. The van der Waals surface area contributed by atoms with Gasteiger partial charge in [-0.25, -0.2) is 22.8 Å². The second kappa shape index (κ2) is 7.98. The number of rotatable bonds is 6.